The van der Waals surface area contributed by atoms with Gasteiger partial charge in [-0.1, -0.05) is 79.8 Å². The van der Waals surface area contributed by atoms with Gasteiger partial charge >= 0.3 is 6.03 Å². The number of benzene rings is 3. The van der Waals surface area contributed by atoms with Gasteiger partial charge in [-0.05, 0) is 65.4 Å². The largest absolute Gasteiger partial charge is 0.493 e. The number of morpholine rings is 1. The Labute approximate surface area is 321 Å². The zero-order chi connectivity index (χ0) is 35.6. The molecule has 9 nitrogen and oxygen atoms in total. The van der Waals surface area contributed by atoms with E-state index in [-0.39, 0.29) is 29.8 Å². The van der Waals surface area contributed by atoms with Crippen LogP contribution in [0.5, 0.6) is 5.75 Å². The van der Waals surface area contributed by atoms with Gasteiger partial charge < -0.3 is 19.3 Å². The Hall–Kier alpha value is -3.05. The number of aliphatic imine (C=N–C) groups is 1. The molecule has 51 heavy (non-hydrogen) atoms. The van der Waals surface area contributed by atoms with E-state index in [0.717, 1.165) is 16.7 Å². The molecule has 2 atom stereocenters. The number of urea groups is 1. The lowest BCUT2D eigenvalue weighted by Crippen LogP contribution is -2.56. The molecule has 0 radical (unpaired) electrons. The van der Waals surface area contributed by atoms with E-state index in [0.29, 0.717) is 97.9 Å². The first-order valence-corrected chi connectivity index (χ1v) is 18.3. The minimum Gasteiger partial charge on any atom is -0.493 e. The fourth-order valence-corrected chi connectivity index (χ4v) is 7.49. The van der Waals surface area contributed by atoms with Crippen LogP contribution >= 0.6 is 47.2 Å². The van der Waals surface area contributed by atoms with Crippen LogP contribution in [-0.4, -0.2) is 103 Å². The molecule has 0 saturated carbocycles. The Kier molecular flexibility index (Phi) is 12.9. The van der Waals surface area contributed by atoms with Crippen molar-refractivity contribution in [3.63, 3.8) is 0 Å². The normalized spacial score (nSPS) is 19.8. The summed E-state index contributed by atoms with van der Waals surface area (Å²) in [5.74, 6) is 1.18. The Balaban J connectivity index is 0.00000504. The molecule has 2 saturated heterocycles. The second kappa shape index (κ2) is 16.7. The van der Waals surface area contributed by atoms with E-state index >= 15 is 0 Å². The minimum atomic E-state index is -0.507. The van der Waals surface area contributed by atoms with Gasteiger partial charge in [-0.3, -0.25) is 19.6 Å². The van der Waals surface area contributed by atoms with Crippen LogP contribution in [0.4, 0.5) is 4.79 Å². The molecule has 6 rings (SSSR count). The van der Waals surface area contributed by atoms with Crippen LogP contribution in [0.3, 0.4) is 0 Å². The predicted octanol–water partition coefficient (Wildman–Crippen LogP) is 7.91. The van der Waals surface area contributed by atoms with Crippen molar-refractivity contribution in [1.82, 2.24) is 19.6 Å². The van der Waals surface area contributed by atoms with Gasteiger partial charge in [-0.25, -0.2) is 4.79 Å². The second-order valence-electron chi connectivity index (χ2n) is 13.9. The number of nitrogens with zero attached hydrogens (tertiary/aromatic N) is 5. The van der Waals surface area contributed by atoms with Crippen LogP contribution in [0, 0.1) is 0 Å². The molecule has 0 bridgehead atoms. The van der Waals surface area contributed by atoms with Gasteiger partial charge in [0.25, 0.3) is 0 Å². The number of hydrogen-bond acceptors (Lipinski definition) is 6. The first-order chi connectivity index (χ1) is 23.9. The van der Waals surface area contributed by atoms with E-state index < -0.39 is 12.1 Å². The first kappa shape index (κ1) is 39.2. The van der Waals surface area contributed by atoms with Crippen LogP contribution in [0.25, 0.3) is 0 Å². The van der Waals surface area contributed by atoms with Crippen molar-refractivity contribution in [1.29, 1.82) is 0 Å². The highest BCUT2D eigenvalue weighted by Crippen LogP contribution is 2.46. The molecule has 0 spiro atoms. The van der Waals surface area contributed by atoms with Crippen LogP contribution in [0.2, 0.25) is 15.1 Å². The van der Waals surface area contributed by atoms with Crippen molar-refractivity contribution in [2.45, 2.75) is 45.2 Å². The number of rotatable bonds is 7. The number of amides is 3. The smallest absolute Gasteiger partial charge is 0.326 e. The number of amidine groups is 1. The maximum Gasteiger partial charge on any atom is 0.326 e. The predicted molar refractivity (Wildman–Crippen MR) is 206 cm³/mol. The van der Waals surface area contributed by atoms with Crippen molar-refractivity contribution in [3.05, 3.63) is 98.0 Å². The summed E-state index contributed by atoms with van der Waals surface area (Å²) in [5.41, 5.74) is 3.13. The molecule has 2 fully saturated rings. The van der Waals surface area contributed by atoms with Crippen LogP contribution < -0.4 is 4.74 Å². The van der Waals surface area contributed by atoms with E-state index in [9.17, 15) is 9.59 Å². The summed E-state index contributed by atoms with van der Waals surface area (Å²) in [7, 11) is 0. The maximum absolute atomic E-state index is 15.0. The number of carbonyl (C=O) groups is 2. The zero-order valence-corrected chi connectivity index (χ0v) is 32.5. The third-order valence-corrected chi connectivity index (χ3v) is 10.3. The minimum absolute atomic E-state index is 0. The fourth-order valence-electron chi connectivity index (χ4n) is 6.79. The molecule has 0 N–H and O–H groups in total. The van der Waals surface area contributed by atoms with Crippen LogP contribution in [0.15, 0.2) is 65.7 Å². The molecular weight excluding hydrogens is 732 g/mol. The lowest BCUT2D eigenvalue weighted by Gasteiger charge is -2.39. The van der Waals surface area contributed by atoms with Crippen molar-refractivity contribution >= 4 is 65.0 Å². The van der Waals surface area contributed by atoms with Gasteiger partial charge in [-0.15, -0.1) is 12.4 Å². The standard InChI is InChI=1S/C38H44Cl3N5O4.ClH/c1-5-50-32-23-30(38(2,3)4)31(41)22-29(32)36-42-34(25-6-10-27(39)11-7-25)35(26-8-12-28(40)13-9-26)46(36)37(48)45-16-14-43(15-17-45)24-33(47)44-18-20-49-21-19-44;/h6-13,22-23,34-35H,5,14-21,24H2,1-4H3;1H/t34-,35+;/m0./s1. The molecule has 3 aromatic carbocycles. The zero-order valence-electron chi connectivity index (χ0n) is 29.4. The van der Waals surface area contributed by atoms with Gasteiger partial charge in [0.2, 0.25) is 5.91 Å². The SMILES string of the molecule is CCOc1cc(C(C)(C)C)c(Cl)cc1C1=N[C@@H](c2ccc(Cl)cc2)[C@@H](c2ccc(Cl)cc2)N1C(=O)N1CCN(CC(=O)N2CCOCC2)CC1.Cl. The molecule has 0 aromatic heterocycles. The molecule has 13 heteroatoms. The van der Waals surface area contributed by atoms with Gasteiger partial charge in [0.1, 0.15) is 17.6 Å². The summed E-state index contributed by atoms with van der Waals surface area (Å²) in [6, 6.07) is 17.9. The van der Waals surface area contributed by atoms with E-state index in [1.165, 1.54) is 0 Å². The van der Waals surface area contributed by atoms with Crippen molar-refractivity contribution in [2.75, 3.05) is 65.6 Å². The average Bonchev–Trinajstić information content (AvgIpc) is 3.50. The van der Waals surface area contributed by atoms with Crippen molar-refractivity contribution in [2.24, 2.45) is 4.99 Å². The topological polar surface area (TPSA) is 77.9 Å². The Bertz CT molecular complexity index is 1720. The summed E-state index contributed by atoms with van der Waals surface area (Å²) in [4.78, 5) is 40.9. The Morgan fingerprint density at radius 2 is 1.43 bits per heavy atom. The summed E-state index contributed by atoms with van der Waals surface area (Å²) >= 11 is 19.7. The lowest BCUT2D eigenvalue weighted by atomic mass is 9.86. The molecule has 274 valence electrons. The molecule has 3 aromatic rings. The quantitative estimate of drug-likeness (QED) is 0.244. The molecular formula is C38H45Cl4N5O4. The van der Waals surface area contributed by atoms with Gasteiger partial charge in [0, 0.05) is 54.3 Å². The number of halogens is 4. The van der Waals surface area contributed by atoms with Gasteiger partial charge in [-0.2, -0.15) is 0 Å². The molecule has 0 unspecified atom stereocenters. The number of hydrogen-bond donors (Lipinski definition) is 0. The lowest BCUT2D eigenvalue weighted by molar-refractivity contribution is -0.136. The molecule has 3 amide bonds. The number of ether oxygens (including phenoxy) is 2. The van der Waals surface area contributed by atoms with Gasteiger partial charge in [0.05, 0.1) is 38.0 Å². The average molecular weight is 778 g/mol. The third kappa shape index (κ3) is 8.78. The van der Waals surface area contributed by atoms with Crippen molar-refractivity contribution < 1.29 is 19.1 Å². The Morgan fingerprint density at radius 1 is 0.843 bits per heavy atom. The van der Waals surface area contributed by atoms with E-state index in [1.807, 2.05) is 77.4 Å². The summed E-state index contributed by atoms with van der Waals surface area (Å²) < 4.78 is 11.7. The van der Waals surface area contributed by atoms with E-state index in [4.69, 9.17) is 49.3 Å². The molecule has 3 aliphatic heterocycles. The van der Waals surface area contributed by atoms with E-state index in [1.54, 1.807) is 4.90 Å². The highest BCUT2D eigenvalue weighted by molar-refractivity contribution is 6.32. The second-order valence-corrected chi connectivity index (χ2v) is 15.1. The monoisotopic (exact) mass is 775 g/mol. The van der Waals surface area contributed by atoms with Crippen molar-refractivity contribution in [3.8, 4) is 5.75 Å². The summed E-state index contributed by atoms with van der Waals surface area (Å²) in [6.07, 6.45) is 0. The van der Waals surface area contributed by atoms with Crippen LogP contribution in [-0.2, 0) is 14.9 Å². The third-order valence-electron chi connectivity index (χ3n) is 9.48. The molecule has 3 heterocycles. The van der Waals surface area contributed by atoms with Gasteiger partial charge in [0.15, 0.2) is 0 Å². The van der Waals surface area contributed by atoms with E-state index in [2.05, 4.69) is 25.7 Å². The molecule has 0 aliphatic carbocycles. The fraction of sp³-hybridized carbons (Fsp3) is 0.447. The summed E-state index contributed by atoms with van der Waals surface area (Å²) in [5, 5.41) is 1.78. The number of piperazine rings is 1. The highest BCUT2D eigenvalue weighted by Gasteiger charge is 2.45. The Morgan fingerprint density at radius 3 is 2.00 bits per heavy atom. The summed E-state index contributed by atoms with van der Waals surface area (Å²) in [6.45, 7) is 13.4. The maximum atomic E-state index is 15.0. The molecule has 3 aliphatic rings. The van der Waals surface area contributed by atoms with Crippen LogP contribution in [0.1, 0.15) is 62.0 Å². The highest BCUT2D eigenvalue weighted by atomic mass is 35.5. The first-order valence-electron chi connectivity index (χ1n) is 17.2. The number of carbonyl (C=O) groups excluding carboxylic acids is 2.